The smallest absolute Gasteiger partial charge is 0.312 e. The summed E-state index contributed by atoms with van der Waals surface area (Å²) in [4.78, 5) is 11.0. The summed E-state index contributed by atoms with van der Waals surface area (Å²) in [5.74, 6) is -0.214. The molecule has 4 heteroatoms. The average molecular weight is 243 g/mol. The van der Waals surface area contributed by atoms with E-state index in [9.17, 15) is 4.79 Å². The number of ether oxygens (including phenoxy) is 1. The van der Waals surface area contributed by atoms with Crippen LogP contribution in [0.15, 0.2) is 24.3 Å². The first-order chi connectivity index (χ1) is 7.48. The number of hydrogen-bond donors (Lipinski definition) is 1. The predicted octanol–water partition coefficient (Wildman–Crippen LogP) is 3.22. The van der Waals surface area contributed by atoms with Gasteiger partial charge in [0.05, 0.1) is 5.41 Å². The van der Waals surface area contributed by atoms with Crippen LogP contribution in [0.3, 0.4) is 0 Å². The van der Waals surface area contributed by atoms with E-state index < -0.39 is 11.4 Å². The number of rotatable bonds is 5. The standard InChI is InChI=1S/C12H15ClO3/c1-3-12(2,11(14)15)8-16-10-6-4-9(13)5-7-10/h4-7H,3,8H2,1-2H3,(H,14,15). The lowest BCUT2D eigenvalue weighted by atomic mass is 9.89. The van der Waals surface area contributed by atoms with Gasteiger partial charge in [-0.05, 0) is 37.6 Å². The zero-order valence-electron chi connectivity index (χ0n) is 9.37. The van der Waals surface area contributed by atoms with Crippen LogP contribution in [-0.4, -0.2) is 17.7 Å². The van der Waals surface area contributed by atoms with Crippen molar-refractivity contribution in [3.8, 4) is 5.75 Å². The van der Waals surface area contributed by atoms with Crippen LogP contribution in [0.4, 0.5) is 0 Å². The summed E-state index contributed by atoms with van der Waals surface area (Å²) in [6, 6.07) is 6.86. The van der Waals surface area contributed by atoms with Crippen LogP contribution in [0, 0.1) is 5.41 Å². The van der Waals surface area contributed by atoms with Crippen molar-refractivity contribution < 1.29 is 14.6 Å². The lowest BCUT2D eigenvalue weighted by Crippen LogP contribution is -2.33. The van der Waals surface area contributed by atoms with Crippen molar-refractivity contribution in [2.45, 2.75) is 20.3 Å². The Morgan fingerprint density at radius 3 is 2.44 bits per heavy atom. The minimum absolute atomic E-state index is 0.153. The molecule has 0 saturated carbocycles. The van der Waals surface area contributed by atoms with Gasteiger partial charge < -0.3 is 9.84 Å². The Kier molecular flexibility index (Phi) is 4.19. The zero-order valence-corrected chi connectivity index (χ0v) is 10.1. The molecule has 0 saturated heterocycles. The number of benzene rings is 1. The van der Waals surface area contributed by atoms with Gasteiger partial charge in [-0.3, -0.25) is 4.79 Å². The highest BCUT2D eigenvalue weighted by Crippen LogP contribution is 2.24. The molecule has 0 aliphatic rings. The third-order valence-electron chi connectivity index (χ3n) is 2.67. The molecule has 0 radical (unpaired) electrons. The summed E-state index contributed by atoms with van der Waals surface area (Å²) in [7, 11) is 0. The molecule has 0 heterocycles. The first-order valence-electron chi connectivity index (χ1n) is 5.10. The Morgan fingerprint density at radius 1 is 1.44 bits per heavy atom. The first-order valence-corrected chi connectivity index (χ1v) is 5.47. The lowest BCUT2D eigenvalue weighted by molar-refractivity contribution is -0.149. The normalized spacial score (nSPS) is 14.2. The summed E-state index contributed by atoms with van der Waals surface area (Å²) in [5, 5.41) is 9.68. The number of carbonyl (C=O) groups is 1. The Morgan fingerprint density at radius 2 is 2.00 bits per heavy atom. The minimum Gasteiger partial charge on any atom is -0.492 e. The molecule has 1 atom stereocenters. The van der Waals surface area contributed by atoms with E-state index in [4.69, 9.17) is 21.4 Å². The molecule has 0 aliphatic heterocycles. The van der Waals surface area contributed by atoms with Crippen LogP contribution in [0.25, 0.3) is 0 Å². The summed E-state index contributed by atoms with van der Waals surface area (Å²) in [6.07, 6.45) is 0.524. The molecule has 0 aliphatic carbocycles. The number of carboxylic acids is 1. The Balaban J connectivity index is 2.63. The fourth-order valence-electron chi connectivity index (χ4n) is 1.09. The van der Waals surface area contributed by atoms with Crippen molar-refractivity contribution in [3.63, 3.8) is 0 Å². The van der Waals surface area contributed by atoms with Gasteiger partial charge in [0.1, 0.15) is 12.4 Å². The monoisotopic (exact) mass is 242 g/mol. The molecule has 0 aromatic heterocycles. The van der Waals surface area contributed by atoms with E-state index in [0.29, 0.717) is 17.2 Å². The molecular weight excluding hydrogens is 228 g/mol. The fraction of sp³-hybridized carbons (Fsp3) is 0.417. The quantitative estimate of drug-likeness (QED) is 0.862. The number of halogens is 1. The van der Waals surface area contributed by atoms with Gasteiger partial charge in [0.2, 0.25) is 0 Å². The van der Waals surface area contributed by atoms with Gasteiger partial charge in [0, 0.05) is 5.02 Å². The molecule has 1 aromatic rings. The molecule has 1 aromatic carbocycles. The Bertz CT molecular complexity index is 361. The summed E-state index contributed by atoms with van der Waals surface area (Å²) < 4.78 is 5.44. The third-order valence-corrected chi connectivity index (χ3v) is 2.92. The lowest BCUT2D eigenvalue weighted by Gasteiger charge is -2.22. The Hall–Kier alpha value is -1.22. The topological polar surface area (TPSA) is 46.5 Å². The van der Waals surface area contributed by atoms with Gasteiger partial charge in [0.15, 0.2) is 0 Å². The summed E-state index contributed by atoms with van der Waals surface area (Å²) >= 11 is 5.73. The minimum atomic E-state index is -0.848. The fourth-order valence-corrected chi connectivity index (χ4v) is 1.21. The van der Waals surface area contributed by atoms with E-state index in [2.05, 4.69) is 0 Å². The molecule has 1 N–H and O–H groups in total. The maximum absolute atomic E-state index is 11.0. The highest BCUT2D eigenvalue weighted by Gasteiger charge is 2.32. The average Bonchev–Trinajstić information content (AvgIpc) is 2.27. The second-order valence-corrected chi connectivity index (χ2v) is 4.40. The number of carboxylic acid groups (broad SMARTS) is 1. The molecule has 88 valence electrons. The van der Waals surface area contributed by atoms with Gasteiger partial charge in [0.25, 0.3) is 0 Å². The molecule has 16 heavy (non-hydrogen) atoms. The van der Waals surface area contributed by atoms with Crippen molar-refractivity contribution in [2.24, 2.45) is 5.41 Å². The van der Waals surface area contributed by atoms with Gasteiger partial charge in [-0.15, -0.1) is 0 Å². The molecule has 0 amide bonds. The predicted molar refractivity (Wildman–Crippen MR) is 63.0 cm³/mol. The maximum atomic E-state index is 11.0. The van der Waals surface area contributed by atoms with Crippen LogP contribution < -0.4 is 4.74 Å². The van der Waals surface area contributed by atoms with Gasteiger partial charge >= 0.3 is 5.97 Å². The molecule has 0 fully saturated rings. The molecule has 0 bridgehead atoms. The van der Waals surface area contributed by atoms with Crippen LogP contribution in [0.1, 0.15) is 20.3 Å². The second-order valence-electron chi connectivity index (χ2n) is 3.96. The molecule has 3 nitrogen and oxygen atoms in total. The van der Waals surface area contributed by atoms with Crippen LogP contribution in [0.5, 0.6) is 5.75 Å². The summed E-state index contributed by atoms with van der Waals surface area (Å²) in [6.45, 7) is 3.66. The van der Waals surface area contributed by atoms with E-state index in [0.717, 1.165) is 0 Å². The van der Waals surface area contributed by atoms with Crippen LogP contribution in [0.2, 0.25) is 5.02 Å². The van der Waals surface area contributed by atoms with Crippen molar-refractivity contribution in [2.75, 3.05) is 6.61 Å². The maximum Gasteiger partial charge on any atom is 0.312 e. The van der Waals surface area contributed by atoms with Crippen molar-refractivity contribution in [1.82, 2.24) is 0 Å². The van der Waals surface area contributed by atoms with Crippen LogP contribution in [-0.2, 0) is 4.79 Å². The van der Waals surface area contributed by atoms with E-state index in [1.165, 1.54) is 0 Å². The van der Waals surface area contributed by atoms with Crippen molar-refractivity contribution in [3.05, 3.63) is 29.3 Å². The third kappa shape index (κ3) is 3.14. The zero-order chi connectivity index (χ0) is 12.2. The Labute approximate surface area is 100.0 Å². The first kappa shape index (κ1) is 12.8. The highest BCUT2D eigenvalue weighted by atomic mass is 35.5. The van der Waals surface area contributed by atoms with E-state index in [1.807, 2.05) is 6.92 Å². The molecule has 0 spiro atoms. The van der Waals surface area contributed by atoms with Gasteiger partial charge in [-0.1, -0.05) is 18.5 Å². The number of hydrogen-bond acceptors (Lipinski definition) is 2. The second kappa shape index (κ2) is 5.21. The van der Waals surface area contributed by atoms with E-state index in [-0.39, 0.29) is 6.61 Å². The van der Waals surface area contributed by atoms with Crippen molar-refractivity contribution in [1.29, 1.82) is 0 Å². The highest BCUT2D eigenvalue weighted by molar-refractivity contribution is 6.30. The molecular formula is C12H15ClO3. The van der Waals surface area contributed by atoms with E-state index in [1.54, 1.807) is 31.2 Å². The van der Waals surface area contributed by atoms with Crippen LogP contribution >= 0.6 is 11.6 Å². The number of aliphatic carboxylic acids is 1. The molecule has 1 unspecified atom stereocenters. The van der Waals surface area contributed by atoms with Gasteiger partial charge in [-0.2, -0.15) is 0 Å². The largest absolute Gasteiger partial charge is 0.492 e. The molecule has 1 rings (SSSR count). The van der Waals surface area contributed by atoms with Crippen molar-refractivity contribution >= 4 is 17.6 Å². The van der Waals surface area contributed by atoms with E-state index >= 15 is 0 Å². The summed E-state index contributed by atoms with van der Waals surface area (Å²) in [5.41, 5.74) is -0.848. The SMILES string of the molecule is CCC(C)(COc1ccc(Cl)cc1)C(=O)O. The van der Waals surface area contributed by atoms with Gasteiger partial charge in [-0.25, -0.2) is 0 Å².